The first-order chi connectivity index (χ1) is 10.1. The predicted molar refractivity (Wildman–Crippen MR) is 82.0 cm³/mol. The van der Waals surface area contributed by atoms with Gasteiger partial charge in [-0.3, -0.25) is 4.79 Å². The van der Waals surface area contributed by atoms with E-state index < -0.39 is 5.91 Å². The third kappa shape index (κ3) is 4.07. The van der Waals surface area contributed by atoms with Crippen LogP contribution in [0.25, 0.3) is 0 Å². The van der Waals surface area contributed by atoms with E-state index in [4.69, 9.17) is 5.73 Å². The van der Waals surface area contributed by atoms with E-state index in [1.807, 2.05) is 31.2 Å². The summed E-state index contributed by atoms with van der Waals surface area (Å²) in [6.07, 6.45) is 0. The number of para-hydroxylation sites is 1. The molecule has 0 atom stereocenters. The average Bonchev–Trinajstić information content (AvgIpc) is 2.47. The molecule has 0 fully saturated rings. The van der Waals surface area contributed by atoms with Crippen molar-refractivity contribution >= 4 is 17.6 Å². The van der Waals surface area contributed by atoms with Crippen molar-refractivity contribution in [3.8, 4) is 0 Å². The van der Waals surface area contributed by atoms with Crippen LogP contribution >= 0.6 is 0 Å². The fourth-order valence-electron chi connectivity index (χ4n) is 1.86. The van der Waals surface area contributed by atoms with Gasteiger partial charge in [-0.15, -0.1) is 0 Å². The minimum absolute atomic E-state index is 0.281. The van der Waals surface area contributed by atoms with E-state index in [-0.39, 0.29) is 11.6 Å². The van der Waals surface area contributed by atoms with Gasteiger partial charge in [0.1, 0.15) is 0 Å². The lowest BCUT2D eigenvalue weighted by molar-refractivity contribution is 0.100. The second kappa shape index (κ2) is 6.56. The molecule has 21 heavy (non-hydrogen) atoms. The second-order valence-corrected chi connectivity index (χ2v) is 4.70. The number of carbonyl (C=O) groups is 2. The lowest BCUT2D eigenvalue weighted by Gasteiger charge is -2.10. The van der Waals surface area contributed by atoms with Crippen LogP contribution in [0.3, 0.4) is 0 Å². The number of carbonyl (C=O) groups excluding carboxylic acids is 2. The number of nitrogens with two attached hydrogens (primary N) is 1. The second-order valence-electron chi connectivity index (χ2n) is 4.70. The molecule has 0 aliphatic rings. The van der Waals surface area contributed by atoms with Crippen molar-refractivity contribution in [1.29, 1.82) is 0 Å². The summed E-state index contributed by atoms with van der Waals surface area (Å²) in [5.41, 5.74) is 8.10. The lowest BCUT2D eigenvalue weighted by atomic mass is 10.1. The highest BCUT2D eigenvalue weighted by Gasteiger charge is 2.09. The van der Waals surface area contributed by atoms with Gasteiger partial charge in [0.25, 0.3) is 5.91 Å². The number of rotatable bonds is 4. The molecule has 0 bridgehead atoms. The third-order valence-electron chi connectivity index (χ3n) is 3.01. The molecule has 0 aromatic heterocycles. The molecular weight excluding hydrogens is 266 g/mol. The van der Waals surface area contributed by atoms with Gasteiger partial charge in [-0.25, -0.2) is 4.79 Å². The normalized spacial score (nSPS) is 9.95. The monoisotopic (exact) mass is 283 g/mol. The van der Waals surface area contributed by atoms with Crippen molar-refractivity contribution in [2.45, 2.75) is 13.5 Å². The molecular formula is C16H17N3O2. The summed E-state index contributed by atoms with van der Waals surface area (Å²) in [7, 11) is 0. The van der Waals surface area contributed by atoms with Gasteiger partial charge >= 0.3 is 6.03 Å². The molecule has 0 spiro atoms. The van der Waals surface area contributed by atoms with Gasteiger partial charge in [0.15, 0.2) is 0 Å². The first-order valence-electron chi connectivity index (χ1n) is 6.55. The van der Waals surface area contributed by atoms with E-state index in [0.29, 0.717) is 12.2 Å². The molecule has 0 aliphatic heterocycles. The van der Waals surface area contributed by atoms with E-state index in [0.717, 1.165) is 5.56 Å². The molecule has 2 aromatic rings. The molecule has 0 saturated heterocycles. The minimum atomic E-state index is -0.579. The van der Waals surface area contributed by atoms with Crippen LogP contribution in [0.1, 0.15) is 21.5 Å². The molecule has 5 heteroatoms. The lowest BCUT2D eigenvalue weighted by Crippen LogP contribution is -2.29. The van der Waals surface area contributed by atoms with Crippen LogP contribution in [0, 0.1) is 6.92 Å². The quantitative estimate of drug-likeness (QED) is 0.805. The molecule has 0 unspecified atom stereocenters. The molecule has 0 aliphatic carbocycles. The zero-order valence-corrected chi connectivity index (χ0v) is 11.7. The van der Waals surface area contributed by atoms with E-state index >= 15 is 0 Å². The minimum Gasteiger partial charge on any atom is -0.366 e. The van der Waals surface area contributed by atoms with Crippen LogP contribution in [0.4, 0.5) is 10.5 Å². The SMILES string of the molecule is Cc1ccc(CNC(=O)Nc2ccccc2C(N)=O)cc1. The topological polar surface area (TPSA) is 84.2 Å². The van der Waals surface area contributed by atoms with Crippen molar-refractivity contribution in [3.05, 3.63) is 65.2 Å². The Morgan fingerprint density at radius 3 is 2.38 bits per heavy atom. The van der Waals surface area contributed by atoms with Gasteiger partial charge in [0.2, 0.25) is 0 Å². The largest absolute Gasteiger partial charge is 0.366 e. The Hall–Kier alpha value is -2.82. The van der Waals surface area contributed by atoms with Crippen molar-refractivity contribution in [3.63, 3.8) is 0 Å². The molecule has 2 rings (SSSR count). The highest BCUT2D eigenvalue weighted by atomic mass is 16.2. The summed E-state index contributed by atoms with van der Waals surface area (Å²) < 4.78 is 0. The molecule has 4 N–H and O–H groups in total. The number of nitrogens with one attached hydrogen (secondary N) is 2. The Morgan fingerprint density at radius 1 is 1.05 bits per heavy atom. The molecule has 0 heterocycles. The average molecular weight is 283 g/mol. The molecule has 0 saturated carbocycles. The van der Waals surface area contributed by atoms with Gasteiger partial charge in [-0.1, -0.05) is 42.0 Å². The van der Waals surface area contributed by atoms with Crippen LogP contribution in [0.5, 0.6) is 0 Å². The Kier molecular flexibility index (Phi) is 4.56. The molecule has 108 valence electrons. The Morgan fingerprint density at radius 2 is 1.71 bits per heavy atom. The van der Waals surface area contributed by atoms with E-state index in [1.54, 1.807) is 24.3 Å². The van der Waals surface area contributed by atoms with Crippen LogP contribution in [0.2, 0.25) is 0 Å². The third-order valence-corrected chi connectivity index (χ3v) is 3.01. The predicted octanol–water partition coefficient (Wildman–Crippen LogP) is 2.42. The molecule has 0 radical (unpaired) electrons. The Labute approximate surface area is 123 Å². The molecule has 3 amide bonds. The summed E-state index contributed by atoms with van der Waals surface area (Å²) in [5, 5.41) is 5.35. The van der Waals surface area contributed by atoms with Crippen LogP contribution in [-0.2, 0) is 6.54 Å². The number of primary amides is 1. The standard InChI is InChI=1S/C16H17N3O2/c1-11-6-8-12(9-7-11)10-18-16(21)19-14-5-3-2-4-13(14)15(17)20/h2-9H,10H2,1H3,(H2,17,20)(H2,18,19,21). The first kappa shape index (κ1) is 14.6. The fraction of sp³-hybridized carbons (Fsp3) is 0.125. The maximum Gasteiger partial charge on any atom is 0.319 e. The number of urea groups is 1. The highest BCUT2D eigenvalue weighted by molar-refractivity contribution is 6.02. The maximum absolute atomic E-state index is 11.9. The molecule has 2 aromatic carbocycles. The number of benzene rings is 2. The van der Waals surface area contributed by atoms with E-state index in [1.165, 1.54) is 5.56 Å². The van der Waals surface area contributed by atoms with Crippen LogP contribution in [-0.4, -0.2) is 11.9 Å². The van der Waals surface area contributed by atoms with Gasteiger partial charge in [0, 0.05) is 6.54 Å². The van der Waals surface area contributed by atoms with Crippen LogP contribution < -0.4 is 16.4 Å². The summed E-state index contributed by atoms with van der Waals surface area (Å²) in [6.45, 7) is 2.41. The van der Waals surface area contributed by atoms with E-state index in [9.17, 15) is 9.59 Å². The van der Waals surface area contributed by atoms with Crippen molar-refractivity contribution in [1.82, 2.24) is 5.32 Å². The summed E-state index contributed by atoms with van der Waals surface area (Å²) in [4.78, 5) is 23.1. The number of anilines is 1. The van der Waals surface area contributed by atoms with Gasteiger partial charge < -0.3 is 16.4 Å². The van der Waals surface area contributed by atoms with Crippen molar-refractivity contribution < 1.29 is 9.59 Å². The van der Waals surface area contributed by atoms with Crippen molar-refractivity contribution in [2.75, 3.05) is 5.32 Å². The number of aryl methyl sites for hydroxylation is 1. The fourth-order valence-corrected chi connectivity index (χ4v) is 1.86. The molecule has 5 nitrogen and oxygen atoms in total. The maximum atomic E-state index is 11.9. The summed E-state index contributed by atoms with van der Waals surface area (Å²) in [6, 6.07) is 14.1. The van der Waals surface area contributed by atoms with Gasteiger partial charge in [-0.2, -0.15) is 0 Å². The number of amides is 3. The van der Waals surface area contributed by atoms with Gasteiger partial charge in [0.05, 0.1) is 11.3 Å². The number of hydrogen-bond acceptors (Lipinski definition) is 2. The zero-order valence-electron chi connectivity index (χ0n) is 11.7. The van der Waals surface area contributed by atoms with Crippen molar-refractivity contribution in [2.24, 2.45) is 5.73 Å². The zero-order chi connectivity index (χ0) is 15.2. The summed E-state index contributed by atoms with van der Waals surface area (Å²) in [5.74, 6) is -0.579. The number of hydrogen-bond donors (Lipinski definition) is 3. The van der Waals surface area contributed by atoms with Gasteiger partial charge in [-0.05, 0) is 24.6 Å². The Bertz CT molecular complexity index is 651. The first-order valence-corrected chi connectivity index (χ1v) is 6.55. The highest BCUT2D eigenvalue weighted by Crippen LogP contribution is 2.14. The summed E-state index contributed by atoms with van der Waals surface area (Å²) >= 11 is 0. The van der Waals surface area contributed by atoms with E-state index in [2.05, 4.69) is 10.6 Å². The van der Waals surface area contributed by atoms with Crippen LogP contribution in [0.15, 0.2) is 48.5 Å². The Balaban J connectivity index is 1.96. The smallest absolute Gasteiger partial charge is 0.319 e.